The summed E-state index contributed by atoms with van der Waals surface area (Å²) in [4.78, 5) is 10.4. The number of rotatable bonds is 2. The number of likely N-dealkylation sites (tertiary alicyclic amines) is 1. The topological polar surface area (TPSA) is 31.9 Å². The molecular formula is C13H17N3. The minimum atomic E-state index is 1.04. The van der Waals surface area contributed by atoms with Crippen LogP contribution in [0.4, 0.5) is 0 Å². The quantitative estimate of drug-likeness (QED) is 0.834. The maximum atomic E-state index is 4.49. The number of nitrogens with one attached hydrogen (secondary N) is 1. The molecule has 1 aliphatic heterocycles. The lowest BCUT2D eigenvalue weighted by Crippen LogP contribution is -2.18. The molecule has 2 aromatic heterocycles. The van der Waals surface area contributed by atoms with Crippen molar-refractivity contribution in [2.24, 2.45) is 0 Å². The zero-order valence-electron chi connectivity index (χ0n) is 9.66. The van der Waals surface area contributed by atoms with Crippen LogP contribution in [0.15, 0.2) is 18.3 Å². The highest BCUT2D eigenvalue weighted by atomic mass is 15.1. The van der Waals surface area contributed by atoms with Gasteiger partial charge in [0, 0.05) is 24.0 Å². The maximum Gasteiger partial charge on any atom is 0.0926 e. The Labute approximate surface area is 95.5 Å². The highest BCUT2D eigenvalue weighted by molar-refractivity contribution is 5.80. The average molecular weight is 215 g/mol. The summed E-state index contributed by atoms with van der Waals surface area (Å²) in [7, 11) is 0. The Balaban J connectivity index is 1.98. The first-order valence-corrected chi connectivity index (χ1v) is 5.99. The first-order valence-electron chi connectivity index (χ1n) is 5.99. The zero-order chi connectivity index (χ0) is 11.0. The van der Waals surface area contributed by atoms with E-state index in [0.717, 1.165) is 17.6 Å². The molecule has 1 N–H and O–H groups in total. The van der Waals surface area contributed by atoms with Crippen molar-refractivity contribution in [1.29, 1.82) is 0 Å². The van der Waals surface area contributed by atoms with E-state index in [9.17, 15) is 0 Å². The van der Waals surface area contributed by atoms with Gasteiger partial charge in [-0.15, -0.1) is 0 Å². The van der Waals surface area contributed by atoms with E-state index in [-0.39, 0.29) is 0 Å². The average Bonchev–Trinajstić information content (AvgIpc) is 2.89. The largest absolute Gasteiger partial charge is 0.357 e. The van der Waals surface area contributed by atoms with Gasteiger partial charge in [0.25, 0.3) is 0 Å². The number of aryl methyl sites for hydroxylation is 1. The van der Waals surface area contributed by atoms with Crippen molar-refractivity contribution in [3.8, 4) is 0 Å². The predicted molar refractivity (Wildman–Crippen MR) is 65.3 cm³/mol. The van der Waals surface area contributed by atoms with Crippen LogP contribution < -0.4 is 0 Å². The number of H-pyrrole nitrogens is 1. The molecule has 16 heavy (non-hydrogen) atoms. The first-order chi connectivity index (χ1) is 7.84. The molecule has 3 rings (SSSR count). The van der Waals surface area contributed by atoms with Gasteiger partial charge in [0.05, 0.1) is 11.0 Å². The minimum absolute atomic E-state index is 1.04. The van der Waals surface area contributed by atoms with Gasteiger partial charge < -0.3 is 4.98 Å². The van der Waals surface area contributed by atoms with E-state index >= 15 is 0 Å². The van der Waals surface area contributed by atoms with Crippen molar-refractivity contribution < 1.29 is 0 Å². The molecule has 3 heteroatoms. The van der Waals surface area contributed by atoms with E-state index in [1.54, 1.807) is 0 Å². The van der Waals surface area contributed by atoms with Gasteiger partial charge in [0.1, 0.15) is 0 Å². The molecule has 84 valence electrons. The Morgan fingerprint density at radius 3 is 3.00 bits per heavy atom. The van der Waals surface area contributed by atoms with Crippen molar-refractivity contribution in [2.45, 2.75) is 26.3 Å². The van der Waals surface area contributed by atoms with E-state index in [4.69, 9.17) is 0 Å². The number of aromatic amines is 1. The standard InChI is InChI=1S/C13H17N3/c1-10-11(9-16-7-2-3-8-16)13-12(15-10)5-4-6-14-13/h4-6,15H,2-3,7-9H2,1H3. The predicted octanol–water partition coefficient (Wildman–Crippen LogP) is 2.47. The first kappa shape index (κ1) is 9.85. The Kier molecular flexibility index (Phi) is 2.40. The van der Waals surface area contributed by atoms with E-state index in [1.807, 2.05) is 12.3 Å². The number of hydrogen-bond acceptors (Lipinski definition) is 2. The molecule has 0 unspecified atom stereocenters. The highest BCUT2D eigenvalue weighted by Crippen LogP contribution is 2.22. The van der Waals surface area contributed by atoms with E-state index in [0.29, 0.717) is 0 Å². The van der Waals surface area contributed by atoms with E-state index in [2.05, 4.69) is 27.9 Å². The second-order valence-corrected chi connectivity index (χ2v) is 4.61. The molecule has 0 aromatic carbocycles. The Bertz CT molecular complexity index is 495. The van der Waals surface area contributed by atoms with Crippen molar-refractivity contribution in [3.63, 3.8) is 0 Å². The molecule has 0 aliphatic carbocycles. The van der Waals surface area contributed by atoms with Crippen LogP contribution in [-0.2, 0) is 6.54 Å². The molecule has 1 saturated heterocycles. The summed E-state index contributed by atoms with van der Waals surface area (Å²) < 4.78 is 0. The second-order valence-electron chi connectivity index (χ2n) is 4.61. The Morgan fingerprint density at radius 1 is 1.38 bits per heavy atom. The third-order valence-electron chi connectivity index (χ3n) is 3.45. The molecule has 3 nitrogen and oxygen atoms in total. The molecule has 0 amide bonds. The van der Waals surface area contributed by atoms with Gasteiger partial charge in [-0.05, 0) is 45.0 Å². The van der Waals surface area contributed by atoms with Gasteiger partial charge >= 0.3 is 0 Å². The lowest BCUT2D eigenvalue weighted by molar-refractivity contribution is 0.332. The smallest absolute Gasteiger partial charge is 0.0926 e. The zero-order valence-corrected chi connectivity index (χ0v) is 9.66. The molecule has 0 spiro atoms. The number of fused-ring (bicyclic) bond motifs is 1. The fraction of sp³-hybridized carbons (Fsp3) is 0.462. The van der Waals surface area contributed by atoms with Gasteiger partial charge in [0.15, 0.2) is 0 Å². The normalized spacial score (nSPS) is 17.3. The van der Waals surface area contributed by atoms with Crippen molar-refractivity contribution in [3.05, 3.63) is 29.6 Å². The number of pyridine rings is 1. The number of nitrogens with zero attached hydrogens (tertiary/aromatic N) is 2. The van der Waals surface area contributed by atoms with Gasteiger partial charge in [0.2, 0.25) is 0 Å². The maximum absolute atomic E-state index is 4.49. The Hall–Kier alpha value is -1.35. The lowest BCUT2D eigenvalue weighted by atomic mass is 10.2. The van der Waals surface area contributed by atoms with Gasteiger partial charge in [-0.1, -0.05) is 0 Å². The van der Waals surface area contributed by atoms with Crippen LogP contribution in [0.5, 0.6) is 0 Å². The summed E-state index contributed by atoms with van der Waals surface area (Å²) in [6, 6.07) is 4.08. The lowest BCUT2D eigenvalue weighted by Gasteiger charge is -2.14. The minimum Gasteiger partial charge on any atom is -0.357 e. The van der Waals surface area contributed by atoms with Crippen LogP contribution in [0.1, 0.15) is 24.1 Å². The molecule has 1 fully saturated rings. The molecule has 0 bridgehead atoms. The van der Waals surface area contributed by atoms with Crippen molar-refractivity contribution >= 4 is 11.0 Å². The van der Waals surface area contributed by atoms with Crippen LogP contribution in [0.2, 0.25) is 0 Å². The second kappa shape index (κ2) is 3.91. The third-order valence-corrected chi connectivity index (χ3v) is 3.45. The summed E-state index contributed by atoms with van der Waals surface area (Å²) in [5.41, 5.74) is 4.94. The molecule has 0 radical (unpaired) electrons. The number of hydrogen-bond donors (Lipinski definition) is 1. The fourth-order valence-corrected chi connectivity index (χ4v) is 2.56. The van der Waals surface area contributed by atoms with Gasteiger partial charge in [-0.3, -0.25) is 9.88 Å². The van der Waals surface area contributed by atoms with Crippen molar-refractivity contribution in [2.75, 3.05) is 13.1 Å². The molecule has 0 atom stereocenters. The molecule has 2 aromatic rings. The van der Waals surface area contributed by atoms with Crippen LogP contribution >= 0.6 is 0 Å². The molecule has 1 aliphatic rings. The summed E-state index contributed by atoms with van der Waals surface area (Å²) in [5, 5.41) is 0. The van der Waals surface area contributed by atoms with Gasteiger partial charge in [-0.25, -0.2) is 0 Å². The van der Waals surface area contributed by atoms with Gasteiger partial charge in [-0.2, -0.15) is 0 Å². The number of aromatic nitrogens is 2. The third kappa shape index (κ3) is 1.61. The van der Waals surface area contributed by atoms with Crippen LogP contribution in [0.3, 0.4) is 0 Å². The highest BCUT2D eigenvalue weighted by Gasteiger charge is 2.16. The fourth-order valence-electron chi connectivity index (χ4n) is 2.56. The molecular weight excluding hydrogens is 198 g/mol. The monoisotopic (exact) mass is 215 g/mol. The summed E-state index contributed by atoms with van der Waals surface area (Å²) in [6.45, 7) is 5.66. The summed E-state index contributed by atoms with van der Waals surface area (Å²) in [6.07, 6.45) is 4.56. The van der Waals surface area contributed by atoms with Crippen LogP contribution in [-0.4, -0.2) is 28.0 Å². The molecule has 3 heterocycles. The van der Waals surface area contributed by atoms with Crippen LogP contribution in [0, 0.1) is 6.92 Å². The van der Waals surface area contributed by atoms with Crippen LogP contribution in [0.25, 0.3) is 11.0 Å². The van der Waals surface area contributed by atoms with E-state index < -0.39 is 0 Å². The molecule has 0 saturated carbocycles. The van der Waals surface area contributed by atoms with E-state index in [1.165, 1.54) is 37.2 Å². The summed E-state index contributed by atoms with van der Waals surface area (Å²) in [5.74, 6) is 0. The Morgan fingerprint density at radius 2 is 2.19 bits per heavy atom. The SMILES string of the molecule is Cc1[nH]c2cccnc2c1CN1CCCC1. The van der Waals surface area contributed by atoms with Crippen molar-refractivity contribution in [1.82, 2.24) is 14.9 Å². The summed E-state index contributed by atoms with van der Waals surface area (Å²) >= 11 is 0.